The van der Waals surface area contributed by atoms with Crippen LogP contribution in [0.3, 0.4) is 0 Å². The van der Waals surface area contributed by atoms with Crippen molar-refractivity contribution in [3.63, 3.8) is 0 Å². The first kappa shape index (κ1) is 20.2. The largest absolute Gasteiger partial charge is 0.464 e. The predicted molar refractivity (Wildman–Crippen MR) is 95.0 cm³/mol. The van der Waals surface area contributed by atoms with E-state index in [0.29, 0.717) is 5.02 Å². The molecule has 1 aromatic carbocycles. The maximum absolute atomic E-state index is 13.1. The molecule has 0 saturated heterocycles. The third-order valence-corrected chi connectivity index (χ3v) is 4.01. The van der Waals surface area contributed by atoms with E-state index in [1.54, 1.807) is 12.1 Å². The molecule has 0 spiro atoms. The SMILES string of the molecule is CC(C)(COC(=O)CCl)C(=O)C(O)(Oc1ccc(Cl)cc1)n1ccnc1. The van der Waals surface area contributed by atoms with Gasteiger partial charge in [0.05, 0.1) is 5.41 Å². The predicted octanol–water partition coefficient (Wildman–Crippen LogP) is 2.60. The van der Waals surface area contributed by atoms with Crippen LogP contribution < -0.4 is 4.74 Å². The van der Waals surface area contributed by atoms with Gasteiger partial charge in [-0.3, -0.25) is 14.2 Å². The maximum Gasteiger partial charge on any atom is 0.361 e. The lowest BCUT2D eigenvalue weighted by Crippen LogP contribution is -2.53. The molecule has 0 fully saturated rings. The zero-order chi connectivity index (χ0) is 19.4. The molecule has 0 saturated carbocycles. The number of halogens is 2. The minimum absolute atomic E-state index is 0.215. The quantitative estimate of drug-likeness (QED) is 0.416. The Hall–Kier alpha value is -2.09. The zero-order valence-corrected chi connectivity index (χ0v) is 15.7. The van der Waals surface area contributed by atoms with Gasteiger partial charge in [0.15, 0.2) is 0 Å². The smallest absolute Gasteiger partial charge is 0.361 e. The zero-order valence-electron chi connectivity index (χ0n) is 14.2. The first-order valence-corrected chi connectivity index (χ1v) is 8.52. The van der Waals surface area contributed by atoms with Crippen molar-refractivity contribution >= 4 is 35.0 Å². The van der Waals surface area contributed by atoms with Crippen molar-refractivity contribution in [2.75, 3.05) is 12.5 Å². The Bertz CT molecular complexity index is 762. The number of aliphatic hydroxyl groups is 1. The van der Waals surface area contributed by atoms with Crippen LogP contribution in [0.5, 0.6) is 5.75 Å². The Morgan fingerprint density at radius 2 is 1.92 bits per heavy atom. The second kappa shape index (κ2) is 8.07. The number of ether oxygens (including phenoxy) is 2. The summed E-state index contributed by atoms with van der Waals surface area (Å²) in [5.41, 5.74) is -1.27. The molecule has 0 aliphatic carbocycles. The molecule has 26 heavy (non-hydrogen) atoms. The highest BCUT2D eigenvalue weighted by atomic mass is 35.5. The van der Waals surface area contributed by atoms with Crippen molar-refractivity contribution in [1.82, 2.24) is 9.55 Å². The summed E-state index contributed by atoms with van der Waals surface area (Å²) in [7, 11) is 0. The Kier molecular flexibility index (Phi) is 6.28. The molecule has 1 aromatic heterocycles. The van der Waals surface area contributed by atoms with Gasteiger partial charge in [-0.15, -0.1) is 11.6 Å². The van der Waals surface area contributed by atoms with Crippen LogP contribution in [0, 0.1) is 5.41 Å². The lowest BCUT2D eigenvalue weighted by molar-refractivity contribution is -0.217. The van der Waals surface area contributed by atoms with Crippen LogP contribution in [0.2, 0.25) is 5.02 Å². The highest BCUT2D eigenvalue weighted by Crippen LogP contribution is 2.31. The topological polar surface area (TPSA) is 90.7 Å². The van der Waals surface area contributed by atoms with Crippen LogP contribution in [-0.4, -0.2) is 38.9 Å². The number of esters is 1. The lowest BCUT2D eigenvalue weighted by atomic mass is 9.86. The molecule has 0 bridgehead atoms. The molecule has 0 aliphatic heterocycles. The van der Waals surface area contributed by atoms with Crippen LogP contribution in [0.1, 0.15) is 13.8 Å². The third kappa shape index (κ3) is 4.55. The number of imidazole rings is 1. The standard InChI is InChI=1S/C17H18Cl2N2O5/c1-16(2,10-25-14(22)9-18)15(23)17(24,21-8-7-20-11-21)26-13-5-3-12(19)4-6-13/h3-8,11,24H,9-10H2,1-2H3. The summed E-state index contributed by atoms with van der Waals surface area (Å²) < 4.78 is 11.7. The fraction of sp³-hybridized carbons (Fsp3) is 0.353. The Labute approximate surface area is 160 Å². The van der Waals surface area contributed by atoms with E-state index in [1.165, 1.54) is 44.7 Å². The fourth-order valence-corrected chi connectivity index (χ4v) is 2.33. The number of hydrogen-bond donors (Lipinski definition) is 1. The molecule has 7 nitrogen and oxygen atoms in total. The van der Waals surface area contributed by atoms with E-state index in [0.717, 1.165) is 4.57 Å². The first-order chi connectivity index (χ1) is 12.2. The molecular formula is C17H18Cl2N2O5. The van der Waals surface area contributed by atoms with Crippen LogP contribution in [0.15, 0.2) is 43.0 Å². The Morgan fingerprint density at radius 1 is 1.27 bits per heavy atom. The van der Waals surface area contributed by atoms with Crippen LogP contribution in [0.4, 0.5) is 0 Å². The third-order valence-electron chi connectivity index (χ3n) is 3.54. The maximum atomic E-state index is 13.1. The van der Waals surface area contributed by atoms with Crippen molar-refractivity contribution in [2.24, 2.45) is 5.41 Å². The van der Waals surface area contributed by atoms with E-state index >= 15 is 0 Å². The molecule has 2 aromatic rings. The molecule has 1 heterocycles. The number of ketones is 1. The lowest BCUT2D eigenvalue weighted by Gasteiger charge is -2.34. The summed E-state index contributed by atoms with van der Waals surface area (Å²) in [6.07, 6.45) is 4.02. The molecular weight excluding hydrogens is 383 g/mol. The van der Waals surface area contributed by atoms with Crippen molar-refractivity contribution in [1.29, 1.82) is 0 Å². The molecule has 140 valence electrons. The number of Topliss-reactive ketones (excluding diaryl/α,β-unsaturated/α-hetero) is 1. The fourth-order valence-electron chi connectivity index (χ4n) is 2.13. The minimum atomic E-state index is -2.40. The van der Waals surface area contributed by atoms with Crippen LogP contribution >= 0.6 is 23.2 Å². The molecule has 0 aliphatic rings. The average Bonchev–Trinajstić information content (AvgIpc) is 3.16. The summed E-state index contributed by atoms with van der Waals surface area (Å²) in [5.74, 6) is -3.93. The molecule has 0 amide bonds. The summed E-state index contributed by atoms with van der Waals surface area (Å²) in [4.78, 5) is 28.2. The van der Waals surface area contributed by atoms with Crippen molar-refractivity contribution < 1.29 is 24.2 Å². The van der Waals surface area contributed by atoms with Crippen LogP contribution in [-0.2, 0) is 20.2 Å². The van der Waals surface area contributed by atoms with Crippen molar-refractivity contribution in [2.45, 2.75) is 19.8 Å². The van der Waals surface area contributed by atoms with Gasteiger partial charge < -0.3 is 14.6 Å². The molecule has 9 heteroatoms. The normalized spacial score (nSPS) is 13.7. The minimum Gasteiger partial charge on any atom is -0.464 e. The Morgan fingerprint density at radius 3 is 2.46 bits per heavy atom. The molecule has 0 radical (unpaired) electrons. The molecule has 1 N–H and O–H groups in total. The van der Waals surface area contributed by atoms with E-state index in [9.17, 15) is 14.7 Å². The van der Waals surface area contributed by atoms with Gasteiger partial charge >= 0.3 is 11.9 Å². The van der Waals surface area contributed by atoms with Gasteiger partial charge in [-0.05, 0) is 38.1 Å². The van der Waals surface area contributed by atoms with Gasteiger partial charge in [0.2, 0.25) is 5.78 Å². The monoisotopic (exact) mass is 400 g/mol. The number of carbonyl (C=O) groups is 2. The van der Waals surface area contributed by atoms with Gasteiger partial charge in [-0.1, -0.05) is 11.6 Å². The summed E-state index contributed by atoms with van der Waals surface area (Å²) >= 11 is 11.2. The number of benzene rings is 1. The van der Waals surface area contributed by atoms with Gasteiger partial charge in [0.1, 0.15) is 24.6 Å². The van der Waals surface area contributed by atoms with E-state index in [1.807, 2.05) is 0 Å². The average molecular weight is 401 g/mol. The van der Waals surface area contributed by atoms with E-state index < -0.39 is 23.1 Å². The van der Waals surface area contributed by atoms with E-state index in [-0.39, 0.29) is 18.2 Å². The Balaban J connectivity index is 2.33. The molecule has 1 atom stereocenters. The number of hydrogen-bond acceptors (Lipinski definition) is 6. The number of alkyl halides is 1. The molecule has 1 unspecified atom stereocenters. The number of nitrogens with zero attached hydrogens (tertiary/aromatic N) is 2. The number of carbonyl (C=O) groups excluding carboxylic acids is 2. The van der Waals surface area contributed by atoms with Gasteiger partial charge in [0.25, 0.3) is 0 Å². The van der Waals surface area contributed by atoms with Crippen molar-refractivity contribution in [3.05, 3.63) is 48.0 Å². The van der Waals surface area contributed by atoms with Gasteiger partial charge in [-0.2, -0.15) is 0 Å². The van der Waals surface area contributed by atoms with Crippen molar-refractivity contribution in [3.8, 4) is 5.75 Å². The summed E-state index contributed by atoms with van der Waals surface area (Å²) in [6, 6.07) is 6.14. The summed E-state index contributed by atoms with van der Waals surface area (Å²) in [5, 5.41) is 11.5. The van der Waals surface area contributed by atoms with E-state index in [2.05, 4.69) is 4.98 Å². The highest BCUT2D eigenvalue weighted by molar-refractivity contribution is 6.30. The van der Waals surface area contributed by atoms with E-state index in [4.69, 9.17) is 32.7 Å². The second-order valence-electron chi connectivity index (χ2n) is 6.14. The number of aromatic nitrogens is 2. The van der Waals surface area contributed by atoms with Gasteiger partial charge in [-0.25, -0.2) is 4.98 Å². The summed E-state index contributed by atoms with van der Waals surface area (Å²) in [6.45, 7) is 2.76. The highest BCUT2D eigenvalue weighted by Gasteiger charge is 2.49. The second-order valence-corrected chi connectivity index (χ2v) is 6.85. The number of rotatable bonds is 8. The van der Waals surface area contributed by atoms with Gasteiger partial charge in [0, 0.05) is 17.4 Å². The van der Waals surface area contributed by atoms with Crippen LogP contribution in [0.25, 0.3) is 0 Å². The molecule has 2 rings (SSSR count). The first-order valence-electron chi connectivity index (χ1n) is 7.61.